The number of carbonyl (C=O) groups excluding carboxylic acids is 2. The lowest BCUT2D eigenvalue weighted by atomic mass is 10.1. The molecule has 0 spiro atoms. The molecule has 0 radical (unpaired) electrons. The predicted octanol–water partition coefficient (Wildman–Crippen LogP) is -0.360. The maximum Gasteiger partial charge on any atom is 0.339 e. The van der Waals surface area contributed by atoms with Gasteiger partial charge in [0, 0.05) is 6.08 Å². The summed E-state index contributed by atoms with van der Waals surface area (Å²) in [7, 11) is 2.35. The van der Waals surface area contributed by atoms with Crippen molar-refractivity contribution in [2.75, 3.05) is 14.2 Å². The largest absolute Gasteiger partial charge is 0.467 e. The molecule has 74 valence electrons. The average Bonchev–Trinajstić information content (AvgIpc) is 2.14. The van der Waals surface area contributed by atoms with Gasteiger partial charge in [0.25, 0.3) is 0 Å². The Balaban J connectivity index is 4.40. The zero-order valence-corrected chi connectivity index (χ0v) is 7.73. The first-order chi connectivity index (χ1) is 6.02. The Bertz CT molecular complexity index is 231. The van der Waals surface area contributed by atoms with Crippen molar-refractivity contribution in [3.05, 3.63) is 11.6 Å². The summed E-state index contributed by atoms with van der Waals surface area (Å²) in [5.74, 6) is -1.43. The first-order valence-electron chi connectivity index (χ1n) is 3.55. The quantitative estimate of drug-likeness (QED) is 0.483. The second-order valence-corrected chi connectivity index (χ2v) is 2.34. The first-order valence-corrected chi connectivity index (χ1v) is 3.55. The van der Waals surface area contributed by atoms with E-state index in [9.17, 15) is 14.7 Å². The number of aliphatic hydroxyl groups is 1. The Hall–Kier alpha value is -1.36. The van der Waals surface area contributed by atoms with Crippen LogP contribution >= 0.6 is 0 Å². The molecule has 0 rings (SSSR count). The van der Waals surface area contributed by atoms with E-state index in [4.69, 9.17) is 0 Å². The van der Waals surface area contributed by atoms with E-state index in [1.165, 1.54) is 14.0 Å². The first kappa shape index (κ1) is 11.6. The number of hydrogen-bond acceptors (Lipinski definition) is 5. The molecule has 1 N–H and O–H groups in total. The van der Waals surface area contributed by atoms with Gasteiger partial charge < -0.3 is 14.6 Å². The van der Waals surface area contributed by atoms with Crippen LogP contribution in [0.15, 0.2) is 11.6 Å². The maximum atomic E-state index is 10.8. The molecule has 0 aromatic heterocycles. The van der Waals surface area contributed by atoms with E-state index >= 15 is 0 Å². The van der Waals surface area contributed by atoms with Crippen molar-refractivity contribution in [3.63, 3.8) is 0 Å². The Morgan fingerprint density at radius 3 is 2.23 bits per heavy atom. The van der Waals surface area contributed by atoms with Gasteiger partial charge in [-0.25, -0.2) is 9.59 Å². The minimum atomic E-state index is -1.41. The third-order valence-corrected chi connectivity index (χ3v) is 1.40. The maximum absolute atomic E-state index is 10.8. The normalized spacial score (nSPS) is 13.4. The van der Waals surface area contributed by atoms with Crippen LogP contribution in [0.25, 0.3) is 0 Å². The van der Waals surface area contributed by atoms with Gasteiger partial charge in [-0.05, 0) is 12.5 Å². The molecule has 0 bridgehead atoms. The highest BCUT2D eigenvalue weighted by atomic mass is 16.5. The van der Waals surface area contributed by atoms with E-state index in [0.29, 0.717) is 0 Å². The summed E-state index contributed by atoms with van der Waals surface area (Å²) in [6.45, 7) is 1.43. The smallest absolute Gasteiger partial charge is 0.339 e. The van der Waals surface area contributed by atoms with Crippen molar-refractivity contribution >= 4 is 11.9 Å². The molecule has 5 nitrogen and oxygen atoms in total. The van der Waals surface area contributed by atoms with Gasteiger partial charge in [0.2, 0.25) is 0 Å². The van der Waals surface area contributed by atoms with Gasteiger partial charge in [-0.3, -0.25) is 0 Å². The number of rotatable bonds is 3. The molecule has 0 aliphatic heterocycles. The standard InChI is InChI=1S/C8H12O5/c1-5(4-6(9)12-2)7(10)8(11)13-3/h4,7,10H,1-3H3/b5-4+. The second kappa shape index (κ2) is 5.31. The van der Waals surface area contributed by atoms with Crippen LogP contribution in [0.1, 0.15) is 6.92 Å². The molecule has 0 heterocycles. The van der Waals surface area contributed by atoms with E-state index in [2.05, 4.69) is 9.47 Å². The molecule has 0 amide bonds. The highest BCUT2D eigenvalue weighted by Gasteiger charge is 2.17. The van der Waals surface area contributed by atoms with E-state index in [1.807, 2.05) is 0 Å². The van der Waals surface area contributed by atoms with E-state index in [1.54, 1.807) is 0 Å². The lowest BCUT2D eigenvalue weighted by Gasteiger charge is -2.07. The van der Waals surface area contributed by atoms with Gasteiger partial charge >= 0.3 is 11.9 Å². The molecule has 0 aliphatic rings. The number of ether oxygens (including phenoxy) is 2. The Labute approximate surface area is 75.9 Å². The molecule has 0 aliphatic carbocycles. The Morgan fingerprint density at radius 2 is 1.85 bits per heavy atom. The van der Waals surface area contributed by atoms with Crippen molar-refractivity contribution in [2.24, 2.45) is 0 Å². The fourth-order valence-electron chi connectivity index (χ4n) is 0.621. The zero-order valence-electron chi connectivity index (χ0n) is 7.73. The molecule has 1 unspecified atom stereocenters. The summed E-state index contributed by atoms with van der Waals surface area (Å²) >= 11 is 0. The highest BCUT2D eigenvalue weighted by molar-refractivity contribution is 5.85. The second-order valence-electron chi connectivity index (χ2n) is 2.34. The Morgan fingerprint density at radius 1 is 1.31 bits per heavy atom. The van der Waals surface area contributed by atoms with Crippen LogP contribution < -0.4 is 0 Å². The molecule has 0 aromatic carbocycles. The number of aliphatic hydroxyl groups excluding tert-OH is 1. The van der Waals surface area contributed by atoms with Crippen LogP contribution in [-0.2, 0) is 19.1 Å². The fourth-order valence-corrected chi connectivity index (χ4v) is 0.621. The Kier molecular flexibility index (Phi) is 4.76. The average molecular weight is 188 g/mol. The van der Waals surface area contributed by atoms with Crippen molar-refractivity contribution in [1.82, 2.24) is 0 Å². The van der Waals surface area contributed by atoms with Crippen LogP contribution in [0.5, 0.6) is 0 Å². The molecule has 0 aromatic rings. The molecule has 5 heteroatoms. The van der Waals surface area contributed by atoms with Crippen molar-refractivity contribution in [1.29, 1.82) is 0 Å². The highest BCUT2D eigenvalue weighted by Crippen LogP contribution is 2.03. The van der Waals surface area contributed by atoms with Crippen molar-refractivity contribution in [2.45, 2.75) is 13.0 Å². The van der Waals surface area contributed by atoms with Crippen LogP contribution in [0.3, 0.4) is 0 Å². The molecule has 1 atom stereocenters. The minimum Gasteiger partial charge on any atom is -0.467 e. The fraction of sp³-hybridized carbons (Fsp3) is 0.500. The summed E-state index contributed by atoms with van der Waals surface area (Å²) in [4.78, 5) is 21.4. The number of methoxy groups -OCH3 is 2. The topological polar surface area (TPSA) is 72.8 Å². The zero-order chi connectivity index (χ0) is 10.4. The summed E-state index contributed by atoms with van der Waals surface area (Å²) in [6, 6.07) is 0. The molecule has 0 fully saturated rings. The lowest BCUT2D eigenvalue weighted by Crippen LogP contribution is -2.23. The number of carbonyl (C=O) groups is 2. The predicted molar refractivity (Wildman–Crippen MR) is 43.8 cm³/mol. The molecule has 0 saturated carbocycles. The van der Waals surface area contributed by atoms with Gasteiger partial charge in [0.15, 0.2) is 6.10 Å². The third kappa shape index (κ3) is 3.71. The molecule has 0 saturated heterocycles. The van der Waals surface area contributed by atoms with Crippen LogP contribution in [0.4, 0.5) is 0 Å². The summed E-state index contributed by atoms with van der Waals surface area (Å²) < 4.78 is 8.57. The SMILES string of the molecule is COC(=O)/C=C(\C)C(O)C(=O)OC. The molecular formula is C8H12O5. The summed E-state index contributed by atoms with van der Waals surface area (Å²) in [5.41, 5.74) is 0.179. The van der Waals surface area contributed by atoms with Gasteiger partial charge in [0.05, 0.1) is 14.2 Å². The lowest BCUT2D eigenvalue weighted by molar-refractivity contribution is -0.148. The van der Waals surface area contributed by atoms with Crippen LogP contribution in [-0.4, -0.2) is 37.4 Å². The van der Waals surface area contributed by atoms with Crippen molar-refractivity contribution in [3.8, 4) is 0 Å². The summed E-state index contributed by atoms with van der Waals surface area (Å²) in [6.07, 6.45) is -0.384. The van der Waals surface area contributed by atoms with E-state index < -0.39 is 18.0 Å². The van der Waals surface area contributed by atoms with Gasteiger partial charge in [-0.2, -0.15) is 0 Å². The minimum absolute atomic E-state index is 0.179. The number of esters is 2. The van der Waals surface area contributed by atoms with Crippen molar-refractivity contribution < 1.29 is 24.2 Å². The summed E-state index contributed by atoms with van der Waals surface area (Å²) in [5, 5.41) is 9.18. The van der Waals surface area contributed by atoms with Gasteiger partial charge in [0.1, 0.15) is 0 Å². The molecule has 13 heavy (non-hydrogen) atoms. The van der Waals surface area contributed by atoms with Gasteiger partial charge in [-0.15, -0.1) is 0 Å². The van der Waals surface area contributed by atoms with E-state index in [-0.39, 0.29) is 5.57 Å². The number of hydrogen-bond donors (Lipinski definition) is 1. The monoisotopic (exact) mass is 188 g/mol. The van der Waals surface area contributed by atoms with Gasteiger partial charge in [-0.1, -0.05) is 0 Å². The van der Waals surface area contributed by atoms with E-state index in [0.717, 1.165) is 13.2 Å². The van der Waals surface area contributed by atoms with Crippen LogP contribution in [0, 0.1) is 0 Å². The van der Waals surface area contributed by atoms with Crippen LogP contribution in [0.2, 0.25) is 0 Å². The molecular weight excluding hydrogens is 176 g/mol. The third-order valence-electron chi connectivity index (χ3n) is 1.40.